The smallest absolute Gasteiger partial charge is 0.102 e. The molecule has 18 heavy (non-hydrogen) atoms. The largest absolute Gasteiger partial charge is 0.313 e. The molecule has 1 unspecified atom stereocenters. The molecule has 0 spiro atoms. The van der Waals surface area contributed by atoms with Crippen molar-refractivity contribution in [3.63, 3.8) is 0 Å². The lowest BCUT2D eigenvalue weighted by atomic mass is 10.1. The maximum absolute atomic E-state index is 4.48. The molecule has 2 aromatic heterocycles. The van der Waals surface area contributed by atoms with Gasteiger partial charge in [0.15, 0.2) is 0 Å². The zero-order valence-corrected chi connectivity index (χ0v) is 12.0. The molecular weight excluding hydrogens is 244 g/mol. The molecule has 0 bridgehead atoms. The zero-order chi connectivity index (χ0) is 13.1. The van der Waals surface area contributed by atoms with Crippen molar-refractivity contribution in [1.29, 1.82) is 0 Å². The highest BCUT2D eigenvalue weighted by molar-refractivity contribution is 7.99. The lowest BCUT2D eigenvalue weighted by molar-refractivity contribution is 0.648. The Morgan fingerprint density at radius 3 is 2.67 bits per heavy atom. The van der Waals surface area contributed by atoms with Gasteiger partial charge in [-0.15, -0.1) is 0 Å². The van der Waals surface area contributed by atoms with Crippen LogP contribution < -0.4 is 5.32 Å². The minimum absolute atomic E-state index is 0.329. The van der Waals surface area contributed by atoms with Crippen molar-refractivity contribution in [3.05, 3.63) is 35.7 Å². The molecule has 0 aliphatic rings. The third-order valence-corrected chi connectivity index (χ3v) is 3.90. The molecule has 0 amide bonds. The van der Waals surface area contributed by atoms with Gasteiger partial charge in [0.05, 0.1) is 5.69 Å². The molecule has 0 saturated carbocycles. The van der Waals surface area contributed by atoms with E-state index in [-0.39, 0.29) is 0 Å². The summed E-state index contributed by atoms with van der Waals surface area (Å²) in [6.45, 7) is 4.11. The lowest BCUT2D eigenvalue weighted by Crippen LogP contribution is -2.12. The minimum Gasteiger partial charge on any atom is -0.313 e. The van der Waals surface area contributed by atoms with E-state index in [2.05, 4.69) is 40.5 Å². The maximum Gasteiger partial charge on any atom is 0.102 e. The van der Waals surface area contributed by atoms with Gasteiger partial charge in [-0.2, -0.15) is 5.10 Å². The summed E-state index contributed by atoms with van der Waals surface area (Å²) in [7, 11) is 3.90. The van der Waals surface area contributed by atoms with Crippen LogP contribution in [0.4, 0.5) is 0 Å². The Morgan fingerprint density at radius 2 is 2.17 bits per heavy atom. The van der Waals surface area contributed by atoms with Gasteiger partial charge in [-0.25, -0.2) is 4.98 Å². The second-order valence-electron chi connectivity index (χ2n) is 4.29. The highest BCUT2D eigenvalue weighted by Gasteiger charge is 2.07. The van der Waals surface area contributed by atoms with Gasteiger partial charge >= 0.3 is 0 Å². The third kappa shape index (κ3) is 2.91. The van der Waals surface area contributed by atoms with E-state index in [1.165, 1.54) is 5.56 Å². The SMILES string of the molecule is CNC(C)c1ccc(Sc2cc(C)nn2C)nc1. The van der Waals surface area contributed by atoms with Crippen molar-refractivity contribution in [2.24, 2.45) is 7.05 Å². The van der Waals surface area contributed by atoms with Gasteiger partial charge in [-0.3, -0.25) is 4.68 Å². The molecule has 96 valence electrons. The minimum atomic E-state index is 0.329. The molecular formula is C13H18N4S. The van der Waals surface area contributed by atoms with E-state index < -0.39 is 0 Å². The maximum atomic E-state index is 4.48. The Bertz CT molecular complexity index is 518. The lowest BCUT2D eigenvalue weighted by Gasteiger charge is -2.10. The van der Waals surface area contributed by atoms with Crippen LogP contribution in [0.25, 0.3) is 0 Å². The fourth-order valence-electron chi connectivity index (χ4n) is 1.66. The summed E-state index contributed by atoms with van der Waals surface area (Å²) in [5.41, 5.74) is 2.23. The highest BCUT2D eigenvalue weighted by atomic mass is 32.2. The van der Waals surface area contributed by atoms with Crippen LogP contribution >= 0.6 is 11.8 Å². The predicted molar refractivity (Wildman–Crippen MR) is 73.8 cm³/mol. The Labute approximate surface area is 112 Å². The first-order valence-electron chi connectivity index (χ1n) is 5.92. The monoisotopic (exact) mass is 262 g/mol. The quantitative estimate of drug-likeness (QED) is 0.919. The highest BCUT2D eigenvalue weighted by Crippen LogP contribution is 2.26. The summed E-state index contributed by atoms with van der Waals surface area (Å²) in [5.74, 6) is 0. The molecule has 2 heterocycles. The molecule has 0 fully saturated rings. The molecule has 0 radical (unpaired) electrons. The Kier molecular flexibility index (Phi) is 4.04. The Balaban J connectivity index is 2.13. The summed E-state index contributed by atoms with van der Waals surface area (Å²) < 4.78 is 1.88. The Hall–Kier alpha value is -1.33. The first kappa shape index (κ1) is 13.1. The first-order chi connectivity index (χ1) is 8.60. The fourth-order valence-corrected chi connectivity index (χ4v) is 2.52. The van der Waals surface area contributed by atoms with Gasteiger partial charge in [-0.05, 0) is 38.6 Å². The van der Waals surface area contributed by atoms with Gasteiger partial charge < -0.3 is 5.32 Å². The van der Waals surface area contributed by atoms with Gasteiger partial charge in [0.2, 0.25) is 0 Å². The van der Waals surface area contributed by atoms with E-state index >= 15 is 0 Å². The van der Waals surface area contributed by atoms with Crippen LogP contribution in [-0.2, 0) is 7.05 Å². The van der Waals surface area contributed by atoms with E-state index in [1.807, 2.05) is 31.9 Å². The summed E-state index contributed by atoms with van der Waals surface area (Å²) >= 11 is 1.63. The topological polar surface area (TPSA) is 42.7 Å². The number of hydrogen-bond acceptors (Lipinski definition) is 4. The van der Waals surface area contributed by atoms with Crippen molar-refractivity contribution in [2.45, 2.75) is 29.9 Å². The molecule has 2 rings (SSSR count). The number of rotatable bonds is 4. The molecule has 2 aromatic rings. The van der Waals surface area contributed by atoms with Gasteiger partial charge in [0, 0.05) is 19.3 Å². The van der Waals surface area contributed by atoms with Gasteiger partial charge in [-0.1, -0.05) is 17.8 Å². The van der Waals surface area contributed by atoms with Crippen molar-refractivity contribution >= 4 is 11.8 Å². The summed E-state index contributed by atoms with van der Waals surface area (Å²) in [6.07, 6.45) is 1.92. The zero-order valence-electron chi connectivity index (χ0n) is 11.1. The standard InChI is InChI=1S/C13H18N4S/c1-9-7-13(17(4)16-9)18-12-6-5-11(8-15-12)10(2)14-3/h5-8,10,14H,1-4H3. The number of hydrogen-bond donors (Lipinski definition) is 1. The van der Waals surface area contributed by atoms with Crippen molar-refractivity contribution in [1.82, 2.24) is 20.1 Å². The van der Waals surface area contributed by atoms with Gasteiger partial charge in [0.1, 0.15) is 10.1 Å². The first-order valence-corrected chi connectivity index (χ1v) is 6.73. The van der Waals surface area contributed by atoms with Crippen LogP contribution in [0.3, 0.4) is 0 Å². The third-order valence-electron chi connectivity index (χ3n) is 2.86. The van der Waals surface area contributed by atoms with Crippen LogP contribution in [0.2, 0.25) is 0 Å². The van der Waals surface area contributed by atoms with E-state index in [9.17, 15) is 0 Å². The second kappa shape index (κ2) is 5.54. The molecule has 1 atom stereocenters. The van der Waals surface area contributed by atoms with Crippen molar-refractivity contribution in [2.75, 3.05) is 7.05 Å². The second-order valence-corrected chi connectivity index (χ2v) is 5.33. The average Bonchev–Trinajstić information content (AvgIpc) is 2.68. The van der Waals surface area contributed by atoms with Crippen LogP contribution in [0.5, 0.6) is 0 Å². The predicted octanol–water partition coefficient (Wildman–Crippen LogP) is 2.56. The fraction of sp³-hybridized carbons (Fsp3) is 0.385. The molecule has 0 saturated heterocycles. The molecule has 0 aromatic carbocycles. The van der Waals surface area contributed by atoms with E-state index in [1.54, 1.807) is 11.8 Å². The van der Waals surface area contributed by atoms with E-state index in [0.717, 1.165) is 15.7 Å². The normalized spacial score (nSPS) is 12.7. The van der Waals surface area contributed by atoms with Gasteiger partial charge in [0.25, 0.3) is 0 Å². The number of pyridine rings is 1. The summed E-state index contributed by atoms with van der Waals surface area (Å²) in [4.78, 5) is 4.48. The molecule has 5 heteroatoms. The number of nitrogens with zero attached hydrogens (tertiary/aromatic N) is 3. The van der Waals surface area contributed by atoms with Crippen LogP contribution in [0, 0.1) is 6.92 Å². The van der Waals surface area contributed by atoms with Crippen molar-refractivity contribution in [3.8, 4) is 0 Å². The molecule has 0 aliphatic carbocycles. The summed E-state index contributed by atoms with van der Waals surface area (Å²) in [5, 5.41) is 9.62. The summed E-state index contributed by atoms with van der Waals surface area (Å²) in [6, 6.07) is 6.56. The number of aryl methyl sites for hydroxylation is 2. The average molecular weight is 262 g/mol. The van der Waals surface area contributed by atoms with Crippen LogP contribution in [-0.4, -0.2) is 21.8 Å². The Morgan fingerprint density at radius 1 is 1.39 bits per heavy atom. The molecule has 4 nitrogen and oxygen atoms in total. The number of nitrogens with one attached hydrogen (secondary N) is 1. The van der Waals surface area contributed by atoms with E-state index in [0.29, 0.717) is 6.04 Å². The van der Waals surface area contributed by atoms with Crippen LogP contribution in [0.15, 0.2) is 34.4 Å². The van der Waals surface area contributed by atoms with Crippen LogP contribution in [0.1, 0.15) is 24.2 Å². The number of aromatic nitrogens is 3. The molecule has 1 N–H and O–H groups in total. The van der Waals surface area contributed by atoms with Crippen molar-refractivity contribution < 1.29 is 0 Å². The molecule has 0 aliphatic heterocycles. The van der Waals surface area contributed by atoms with E-state index in [4.69, 9.17) is 0 Å².